The standard InChI is InChI=1S/C17H20ClN5O2/c1-13(24)21-6-3-7-22(9-8-21)17(25)16-12-23(20-19-16)11-14-4-2-5-15(18)10-14/h2,4-5,10,12H,3,6-9,11H2,1H3. The first-order valence-electron chi connectivity index (χ1n) is 8.22. The Labute approximate surface area is 151 Å². The normalized spacial score (nSPS) is 15.1. The maximum atomic E-state index is 12.6. The first-order chi connectivity index (χ1) is 12.0. The van der Waals surface area contributed by atoms with Crippen LogP contribution < -0.4 is 0 Å². The van der Waals surface area contributed by atoms with Crippen LogP contribution in [-0.4, -0.2) is 62.8 Å². The molecule has 2 heterocycles. The van der Waals surface area contributed by atoms with E-state index in [0.717, 1.165) is 12.0 Å². The lowest BCUT2D eigenvalue weighted by Crippen LogP contribution is -2.36. The molecule has 0 saturated carbocycles. The first kappa shape index (κ1) is 17.4. The molecular weight excluding hydrogens is 342 g/mol. The molecule has 1 aliphatic heterocycles. The Balaban J connectivity index is 1.65. The van der Waals surface area contributed by atoms with Gasteiger partial charge in [0.1, 0.15) is 0 Å². The van der Waals surface area contributed by atoms with E-state index in [-0.39, 0.29) is 11.8 Å². The third-order valence-corrected chi connectivity index (χ3v) is 4.45. The van der Waals surface area contributed by atoms with Crippen molar-refractivity contribution < 1.29 is 9.59 Å². The van der Waals surface area contributed by atoms with Gasteiger partial charge in [0, 0.05) is 38.1 Å². The van der Waals surface area contributed by atoms with Gasteiger partial charge in [0.15, 0.2) is 5.69 Å². The number of hydrogen-bond donors (Lipinski definition) is 0. The van der Waals surface area contributed by atoms with Crippen molar-refractivity contribution in [3.8, 4) is 0 Å². The number of rotatable bonds is 3. The molecule has 0 bridgehead atoms. The minimum Gasteiger partial charge on any atom is -0.341 e. The molecule has 25 heavy (non-hydrogen) atoms. The van der Waals surface area contributed by atoms with Gasteiger partial charge in [-0.05, 0) is 24.1 Å². The second-order valence-electron chi connectivity index (χ2n) is 6.08. The SMILES string of the molecule is CC(=O)N1CCCN(C(=O)c2cn(Cc3cccc(Cl)c3)nn2)CC1. The molecule has 2 aromatic rings. The molecule has 7 nitrogen and oxygen atoms in total. The van der Waals surface area contributed by atoms with E-state index in [9.17, 15) is 9.59 Å². The first-order valence-corrected chi connectivity index (χ1v) is 8.60. The molecule has 0 radical (unpaired) electrons. The lowest BCUT2D eigenvalue weighted by Gasteiger charge is -2.20. The van der Waals surface area contributed by atoms with Crippen molar-refractivity contribution in [2.75, 3.05) is 26.2 Å². The fourth-order valence-electron chi connectivity index (χ4n) is 2.89. The number of nitrogens with zero attached hydrogens (tertiary/aromatic N) is 5. The summed E-state index contributed by atoms with van der Waals surface area (Å²) in [6.07, 6.45) is 2.42. The van der Waals surface area contributed by atoms with Crippen LogP contribution in [0.2, 0.25) is 5.02 Å². The number of amides is 2. The zero-order valence-electron chi connectivity index (χ0n) is 14.1. The largest absolute Gasteiger partial charge is 0.341 e. The second kappa shape index (κ2) is 7.65. The Bertz CT molecular complexity index is 776. The summed E-state index contributed by atoms with van der Waals surface area (Å²) in [5, 5.41) is 8.70. The average Bonchev–Trinajstić information content (AvgIpc) is 2.89. The minimum absolute atomic E-state index is 0.0433. The number of carbonyl (C=O) groups is 2. The van der Waals surface area contributed by atoms with E-state index >= 15 is 0 Å². The number of hydrogen-bond acceptors (Lipinski definition) is 4. The van der Waals surface area contributed by atoms with Crippen LogP contribution in [0.1, 0.15) is 29.4 Å². The van der Waals surface area contributed by atoms with Crippen LogP contribution in [0.5, 0.6) is 0 Å². The molecule has 1 aliphatic rings. The summed E-state index contributed by atoms with van der Waals surface area (Å²) in [4.78, 5) is 27.6. The molecule has 3 rings (SSSR count). The van der Waals surface area contributed by atoms with Gasteiger partial charge in [-0.2, -0.15) is 0 Å². The van der Waals surface area contributed by atoms with Gasteiger partial charge in [0.05, 0.1) is 12.7 Å². The third-order valence-electron chi connectivity index (χ3n) is 4.22. The van der Waals surface area contributed by atoms with Crippen molar-refractivity contribution in [1.82, 2.24) is 24.8 Å². The van der Waals surface area contributed by atoms with E-state index in [1.807, 2.05) is 24.3 Å². The fourth-order valence-corrected chi connectivity index (χ4v) is 3.11. The Morgan fingerprint density at radius 1 is 1.16 bits per heavy atom. The number of benzene rings is 1. The molecule has 1 fully saturated rings. The number of aromatic nitrogens is 3. The molecule has 0 atom stereocenters. The molecule has 1 aromatic carbocycles. The van der Waals surface area contributed by atoms with Crippen LogP contribution in [0.3, 0.4) is 0 Å². The Morgan fingerprint density at radius 2 is 1.92 bits per heavy atom. The zero-order chi connectivity index (χ0) is 17.8. The summed E-state index contributed by atoms with van der Waals surface area (Å²) in [6, 6.07) is 7.49. The third kappa shape index (κ3) is 4.36. The summed E-state index contributed by atoms with van der Waals surface area (Å²) >= 11 is 5.98. The summed E-state index contributed by atoms with van der Waals surface area (Å²) in [5.41, 5.74) is 1.31. The molecule has 0 aliphatic carbocycles. The highest BCUT2D eigenvalue weighted by atomic mass is 35.5. The molecular formula is C17H20ClN5O2. The summed E-state index contributed by atoms with van der Waals surface area (Å²) in [5.74, 6) is -0.107. The minimum atomic E-state index is -0.150. The van der Waals surface area contributed by atoms with E-state index in [4.69, 9.17) is 11.6 Å². The maximum absolute atomic E-state index is 12.6. The van der Waals surface area contributed by atoms with Gasteiger partial charge in [-0.15, -0.1) is 5.10 Å². The fraction of sp³-hybridized carbons (Fsp3) is 0.412. The molecule has 0 spiro atoms. The number of halogens is 1. The van der Waals surface area contributed by atoms with Gasteiger partial charge in [0.2, 0.25) is 5.91 Å². The lowest BCUT2D eigenvalue weighted by molar-refractivity contribution is -0.128. The van der Waals surface area contributed by atoms with Crippen LogP contribution in [0, 0.1) is 0 Å². The van der Waals surface area contributed by atoms with Gasteiger partial charge in [0.25, 0.3) is 5.91 Å². The summed E-state index contributed by atoms with van der Waals surface area (Å²) < 4.78 is 1.62. The van der Waals surface area contributed by atoms with Crippen LogP contribution in [0.15, 0.2) is 30.5 Å². The van der Waals surface area contributed by atoms with Crippen molar-refractivity contribution in [2.45, 2.75) is 19.9 Å². The monoisotopic (exact) mass is 361 g/mol. The van der Waals surface area contributed by atoms with Crippen LogP contribution in [0.25, 0.3) is 0 Å². The van der Waals surface area contributed by atoms with Crippen molar-refractivity contribution in [1.29, 1.82) is 0 Å². The average molecular weight is 362 g/mol. The van der Waals surface area contributed by atoms with Crippen molar-refractivity contribution in [2.24, 2.45) is 0 Å². The van der Waals surface area contributed by atoms with Crippen molar-refractivity contribution in [3.05, 3.63) is 46.7 Å². The predicted molar refractivity (Wildman–Crippen MR) is 93.4 cm³/mol. The van der Waals surface area contributed by atoms with Gasteiger partial charge < -0.3 is 9.80 Å². The summed E-state index contributed by atoms with van der Waals surface area (Å²) in [7, 11) is 0. The Hall–Kier alpha value is -2.41. The smallest absolute Gasteiger partial charge is 0.276 e. The highest BCUT2D eigenvalue weighted by molar-refractivity contribution is 6.30. The molecule has 2 amide bonds. The lowest BCUT2D eigenvalue weighted by atomic mass is 10.2. The molecule has 132 valence electrons. The second-order valence-corrected chi connectivity index (χ2v) is 6.52. The zero-order valence-corrected chi connectivity index (χ0v) is 14.8. The molecule has 0 unspecified atom stereocenters. The Morgan fingerprint density at radius 3 is 2.68 bits per heavy atom. The number of carbonyl (C=O) groups excluding carboxylic acids is 2. The molecule has 0 N–H and O–H groups in total. The van der Waals surface area contributed by atoms with Crippen LogP contribution in [-0.2, 0) is 11.3 Å². The molecule has 1 saturated heterocycles. The van der Waals surface area contributed by atoms with E-state index in [1.165, 1.54) is 0 Å². The maximum Gasteiger partial charge on any atom is 0.276 e. The van der Waals surface area contributed by atoms with Crippen LogP contribution >= 0.6 is 11.6 Å². The highest BCUT2D eigenvalue weighted by Crippen LogP contribution is 2.12. The van der Waals surface area contributed by atoms with E-state index < -0.39 is 0 Å². The van der Waals surface area contributed by atoms with Crippen molar-refractivity contribution >= 4 is 23.4 Å². The van der Waals surface area contributed by atoms with Gasteiger partial charge in [-0.25, -0.2) is 4.68 Å². The van der Waals surface area contributed by atoms with E-state index in [2.05, 4.69) is 10.3 Å². The topological polar surface area (TPSA) is 71.3 Å². The van der Waals surface area contributed by atoms with Gasteiger partial charge >= 0.3 is 0 Å². The van der Waals surface area contributed by atoms with Crippen molar-refractivity contribution in [3.63, 3.8) is 0 Å². The van der Waals surface area contributed by atoms with E-state index in [0.29, 0.717) is 43.4 Å². The Kier molecular flexibility index (Phi) is 5.33. The van der Waals surface area contributed by atoms with Crippen LogP contribution in [0.4, 0.5) is 0 Å². The quantitative estimate of drug-likeness (QED) is 0.833. The molecule has 8 heteroatoms. The summed E-state index contributed by atoms with van der Waals surface area (Å²) in [6.45, 7) is 4.42. The van der Waals surface area contributed by atoms with E-state index in [1.54, 1.807) is 27.6 Å². The predicted octanol–water partition coefficient (Wildman–Crippen LogP) is 1.67. The van der Waals surface area contributed by atoms with Gasteiger partial charge in [-0.3, -0.25) is 9.59 Å². The highest BCUT2D eigenvalue weighted by Gasteiger charge is 2.23. The van der Waals surface area contributed by atoms with Gasteiger partial charge in [-0.1, -0.05) is 28.9 Å². The molecule has 1 aromatic heterocycles.